The number of nitrogens with zero attached hydrogens (tertiary/aromatic N) is 2. The van der Waals surface area contributed by atoms with Gasteiger partial charge in [-0.15, -0.1) is 0 Å². The average molecular weight is 266 g/mol. The first-order valence-corrected chi connectivity index (χ1v) is 4.12. The molecule has 0 aliphatic carbocycles. The van der Waals surface area contributed by atoms with Crippen LogP contribution in [-0.4, -0.2) is 28.3 Å². The Kier molecular flexibility index (Phi) is 3.50. The summed E-state index contributed by atoms with van der Waals surface area (Å²) in [5.74, 6) is 0.499. The van der Waals surface area contributed by atoms with E-state index in [2.05, 4.69) is 32.6 Å². The van der Waals surface area contributed by atoms with Gasteiger partial charge in [0.2, 0.25) is 5.88 Å². The van der Waals surface area contributed by atoms with Crippen molar-refractivity contribution in [1.82, 2.24) is 9.97 Å². The van der Waals surface area contributed by atoms with Gasteiger partial charge in [0.1, 0.15) is 16.6 Å². The maximum Gasteiger partial charge on any atom is 0.217 e. The van der Waals surface area contributed by atoms with Gasteiger partial charge >= 0.3 is 0 Å². The Morgan fingerprint density at radius 2 is 2.36 bits per heavy atom. The molecule has 11 heavy (non-hydrogen) atoms. The van der Waals surface area contributed by atoms with Crippen molar-refractivity contribution in [2.24, 2.45) is 0 Å². The van der Waals surface area contributed by atoms with Crippen LogP contribution in [-0.2, 0) is 0 Å². The minimum absolute atomic E-state index is 0.000577. The van der Waals surface area contributed by atoms with Gasteiger partial charge in [-0.25, -0.2) is 9.97 Å². The van der Waals surface area contributed by atoms with Crippen molar-refractivity contribution in [2.75, 3.05) is 13.2 Å². The molecule has 5 heteroatoms. The second-order valence-electron chi connectivity index (χ2n) is 1.75. The molecule has 1 rings (SSSR count). The van der Waals surface area contributed by atoms with Gasteiger partial charge in [-0.2, -0.15) is 0 Å². The summed E-state index contributed by atoms with van der Waals surface area (Å²) >= 11 is 2.06. The van der Waals surface area contributed by atoms with Crippen LogP contribution in [0.1, 0.15) is 0 Å². The zero-order valence-corrected chi connectivity index (χ0v) is 7.85. The highest BCUT2D eigenvalue weighted by atomic mass is 127. The van der Waals surface area contributed by atoms with Crippen LogP contribution >= 0.6 is 22.6 Å². The molecule has 1 aromatic rings. The molecular weight excluding hydrogens is 259 g/mol. The van der Waals surface area contributed by atoms with Crippen LogP contribution < -0.4 is 4.74 Å². The molecule has 1 N–H and O–H groups in total. The molecule has 4 nitrogen and oxygen atoms in total. The van der Waals surface area contributed by atoms with Gasteiger partial charge < -0.3 is 9.84 Å². The van der Waals surface area contributed by atoms with Crippen LogP contribution in [0.2, 0.25) is 0 Å². The SMILES string of the molecule is OCCOc1cc(I)ncn1. The summed E-state index contributed by atoms with van der Waals surface area (Å²) in [6.07, 6.45) is 1.43. The fourth-order valence-electron chi connectivity index (χ4n) is 0.546. The highest BCUT2D eigenvalue weighted by Gasteiger charge is 1.94. The van der Waals surface area contributed by atoms with Crippen LogP contribution in [0.15, 0.2) is 12.4 Å². The first kappa shape index (κ1) is 8.66. The Morgan fingerprint density at radius 1 is 1.55 bits per heavy atom. The Hall–Kier alpha value is -0.430. The van der Waals surface area contributed by atoms with Gasteiger partial charge in [0.25, 0.3) is 0 Å². The van der Waals surface area contributed by atoms with E-state index in [0.717, 1.165) is 3.70 Å². The summed E-state index contributed by atoms with van der Waals surface area (Å²) in [4.78, 5) is 7.71. The molecule has 0 unspecified atom stereocenters. The maximum atomic E-state index is 8.43. The predicted octanol–water partition coefficient (Wildman–Crippen LogP) is 0.452. The number of hydrogen-bond acceptors (Lipinski definition) is 4. The van der Waals surface area contributed by atoms with Gasteiger partial charge in [-0.1, -0.05) is 0 Å². The Balaban J connectivity index is 2.56. The van der Waals surface area contributed by atoms with Crippen LogP contribution in [0.4, 0.5) is 0 Å². The molecule has 0 bridgehead atoms. The van der Waals surface area contributed by atoms with Gasteiger partial charge in [-0.05, 0) is 22.6 Å². The number of aliphatic hydroxyl groups excluding tert-OH is 1. The molecule has 0 spiro atoms. The van der Waals surface area contributed by atoms with Crippen molar-refractivity contribution in [1.29, 1.82) is 0 Å². The highest BCUT2D eigenvalue weighted by Crippen LogP contribution is 2.07. The van der Waals surface area contributed by atoms with Crippen molar-refractivity contribution in [3.63, 3.8) is 0 Å². The molecule has 1 heterocycles. The van der Waals surface area contributed by atoms with E-state index < -0.39 is 0 Å². The van der Waals surface area contributed by atoms with Gasteiger partial charge in [0, 0.05) is 6.07 Å². The van der Waals surface area contributed by atoms with Crippen molar-refractivity contribution < 1.29 is 9.84 Å². The highest BCUT2D eigenvalue weighted by molar-refractivity contribution is 14.1. The van der Waals surface area contributed by atoms with Crippen molar-refractivity contribution >= 4 is 22.6 Å². The van der Waals surface area contributed by atoms with Crippen molar-refractivity contribution in [3.05, 3.63) is 16.1 Å². The number of hydrogen-bond donors (Lipinski definition) is 1. The Bertz CT molecular complexity index is 232. The summed E-state index contributed by atoms with van der Waals surface area (Å²) in [5, 5.41) is 8.43. The van der Waals surface area contributed by atoms with Crippen molar-refractivity contribution in [3.8, 4) is 5.88 Å². The third-order valence-corrected chi connectivity index (χ3v) is 1.54. The topological polar surface area (TPSA) is 55.2 Å². The normalized spacial score (nSPS) is 9.64. The fraction of sp³-hybridized carbons (Fsp3) is 0.333. The molecule has 0 saturated carbocycles. The minimum Gasteiger partial charge on any atom is -0.475 e. The van der Waals surface area contributed by atoms with E-state index in [0.29, 0.717) is 5.88 Å². The van der Waals surface area contributed by atoms with E-state index in [9.17, 15) is 0 Å². The number of ether oxygens (including phenoxy) is 1. The molecule has 0 aliphatic rings. The number of halogens is 1. The van der Waals surface area contributed by atoms with Gasteiger partial charge in [-0.3, -0.25) is 0 Å². The molecule has 0 fully saturated rings. The van der Waals surface area contributed by atoms with E-state index in [1.54, 1.807) is 6.07 Å². The lowest BCUT2D eigenvalue weighted by molar-refractivity contribution is 0.196. The maximum absolute atomic E-state index is 8.43. The molecule has 0 aromatic carbocycles. The van der Waals surface area contributed by atoms with Crippen LogP contribution in [0, 0.1) is 3.70 Å². The molecule has 1 aromatic heterocycles. The first-order valence-electron chi connectivity index (χ1n) is 3.04. The van der Waals surface area contributed by atoms with E-state index >= 15 is 0 Å². The monoisotopic (exact) mass is 266 g/mol. The summed E-state index contributed by atoms with van der Waals surface area (Å²) in [7, 11) is 0. The second-order valence-corrected chi connectivity index (χ2v) is 2.86. The quantitative estimate of drug-likeness (QED) is 0.637. The third-order valence-electron chi connectivity index (χ3n) is 0.950. The van der Waals surface area contributed by atoms with Crippen molar-refractivity contribution in [2.45, 2.75) is 0 Å². The second kappa shape index (κ2) is 4.45. The summed E-state index contributed by atoms with van der Waals surface area (Å²) in [6.45, 7) is 0.272. The Morgan fingerprint density at radius 3 is 3.00 bits per heavy atom. The average Bonchev–Trinajstić information content (AvgIpc) is 2.01. The van der Waals surface area contributed by atoms with E-state index in [1.807, 2.05) is 0 Å². The standard InChI is InChI=1S/C6H7IN2O2/c7-5-3-6(9-4-8-5)11-2-1-10/h3-4,10H,1-2H2. The lowest BCUT2D eigenvalue weighted by Gasteiger charge is -2.00. The summed E-state index contributed by atoms with van der Waals surface area (Å²) in [6, 6.07) is 1.70. The zero-order valence-electron chi connectivity index (χ0n) is 5.70. The largest absolute Gasteiger partial charge is 0.475 e. The molecular formula is C6H7IN2O2. The minimum atomic E-state index is 0.000577. The molecule has 0 radical (unpaired) electrons. The van der Waals surface area contributed by atoms with Gasteiger partial charge in [0.15, 0.2) is 0 Å². The third kappa shape index (κ3) is 2.98. The molecule has 0 aliphatic heterocycles. The lowest BCUT2D eigenvalue weighted by atomic mass is 10.6. The molecule has 60 valence electrons. The smallest absolute Gasteiger partial charge is 0.217 e. The number of aliphatic hydroxyl groups is 1. The summed E-state index contributed by atoms with van der Waals surface area (Å²) in [5.41, 5.74) is 0. The molecule has 0 amide bonds. The number of rotatable bonds is 3. The fourth-order valence-corrected chi connectivity index (χ4v) is 0.937. The predicted molar refractivity (Wildman–Crippen MR) is 47.3 cm³/mol. The van der Waals surface area contributed by atoms with E-state index in [1.165, 1.54) is 6.33 Å². The molecule has 0 atom stereocenters. The van der Waals surface area contributed by atoms with Crippen LogP contribution in [0.25, 0.3) is 0 Å². The van der Waals surface area contributed by atoms with E-state index in [-0.39, 0.29) is 13.2 Å². The van der Waals surface area contributed by atoms with Crippen LogP contribution in [0.5, 0.6) is 5.88 Å². The molecule has 0 saturated heterocycles. The summed E-state index contributed by atoms with van der Waals surface area (Å²) < 4.78 is 5.85. The first-order chi connectivity index (χ1) is 5.33. The lowest BCUT2D eigenvalue weighted by Crippen LogP contribution is -2.03. The number of aromatic nitrogens is 2. The Labute approximate surface area is 77.8 Å². The van der Waals surface area contributed by atoms with E-state index in [4.69, 9.17) is 9.84 Å². The van der Waals surface area contributed by atoms with Gasteiger partial charge in [0.05, 0.1) is 6.61 Å². The zero-order chi connectivity index (χ0) is 8.10. The van der Waals surface area contributed by atoms with Crippen LogP contribution in [0.3, 0.4) is 0 Å².